The Morgan fingerprint density at radius 3 is 2.66 bits per heavy atom. The minimum atomic E-state index is -0.580. The molecule has 3 aromatic rings. The monoisotopic (exact) mass is 428 g/mol. The Morgan fingerprint density at radius 2 is 2.00 bits per heavy atom. The van der Waals surface area contributed by atoms with E-state index in [1.54, 1.807) is 29.6 Å². The Balaban J connectivity index is 1.65. The van der Waals surface area contributed by atoms with Crippen LogP contribution in [0.5, 0.6) is 5.75 Å². The molecule has 0 bridgehead atoms. The summed E-state index contributed by atoms with van der Waals surface area (Å²) in [5.41, 5.74) is 3.19. The van der Waals surface area contributed by atoms with E-state index in [9.17, 15) is 4.79 Å². The number of rotatable bonds is 6. The maximum Gasteiger partial charge on any atom is 0.261 e. The number of hydrogen-bond donors (Lipinski definition) is 1. The third-order valence-electron chi connectivity index (χ3n) is 4.66. The molecule has 0 aliphatic carbocycles. The highest BCUT2D eigenvalue weighted by atomic mass is 32.1. The van der Waals surface area contributed by atoms with Gasteiger partial charge >= 0.3 is 0 Å². The SMILES string of the molecule is Cc1ccc(OC(C)C(=O)NCc2sc(-c3cccs3)nc2C)c(C(C)(C)C)c1. The van der Waals surface area contributed by atoms with Crippen molar-refractivity contribution in [3.8, 4) is 15.6 Å². The van der Waals surface area contributed by atoms with Gasteiger partial charge in [-0.05, 0) is 49.3 Å². The van der Waals surface area contributed by atoms with E-state index in [0.29, 0.717) is 6.54 Å². The molecular formula is C23H28N2O2S2. The lowest BCUT2D eigenvalue weighted by atomic mass is 9.85. The van der Waals surface area contributed by atoms with Crippen LogP contribution in [0.2, 0.25) is 0 Å². The van der Waals surface area contributed by atoms with Crippen molar-refractivity contribution in [3.05, 3.63) is 57.4 Å². The van der Waals surface area contributed by atoms with Gasteiger partial charge in [0.1, 0.15) is 10.8 Å². The van der Waals surface area contributed by atoms with Crippen molar-refractivity contribution in [2.75, 3.05) is 0 Å². The average molecular weight is 429 g/mol. The van der Waals surface area contributed by atoms with Gasteiger partial charge in [0, 0.05) is 4.88 Å². The summed E-state index contributed by atoms with van der Waals surface area (Å²) in [5, 5.41) is 6.04. The summed E-state index contributed by atoms with van der Waals surface area (Å²) in [7, 11) is 0. The molecule has 1 amide bonds. The van der Waals surface area contributed by atoms with E-state index in [1.807, 2.05) is 30.5 Å². The maximum absolute atomic E-state index is 12.6. The van der Waals surface area contributed by atoms with E-state index in [4.69, 9.17) is 4.74 Å². The Hall–Kier alpha value is -2.18. The molecule has 0 radical (unpaired) electrons. The van der Waals surface area contributed by atoms with Gasteiger partial charge in [0.2, 0.25) is 0 Å². The highest BCUT2D eigenvalue weighted by molar-refractivity contribution is 7.21. The van der Waals surface area contributed by atoms with E-state index in [0.717, 1.165) is 31.8 Å². The summed E-state index contributed by atoms with van der Waals surface area (Å²) in [5.74, 6) is 0.635. The third kappa shape index (κ3) is 5.25. The van der Waals surface area contributed by atoms with Crippen LogP contribution in [0.4, 0.5) is 0 Å². The van der Waals surface area contributed by atoms with Gasteiger partial charge in [-0.3, -0.25) is 4.79 Å². The summed E-state index contributed by atoms with van der Waals surface area (Å²) < 4.78 is 6.05. The number of thiophene rings is 1. The molecule has 0 saturated carbocycles. The first kappa shape index (κ1) is 21.5. The van der Waals surface area contributed by atoms with Crippen molar-refractivity contribution in [2.45, 2.75) is 59.6 Å². The first-order chi connectivity index (χ1) is 13.6. The van der Waals surface area contributed by atoms with Gasteiger partial charge < -0.3 is 10.1 Å². The molecule has 1 aromatic carbocycles. The predicted molar refractivity (Wildman–Crippen MR) is 122 cm³/mol. The fourth-order valence-electron chi connectivity index (χ4n) is 2.99. The number of ether oxygens (including phenoxy) is 1. The van der Waals surface area contributed by atoms with Gasteiger partial charge in [0.05, 0.1) is 17.1 Å². The normalized spacial score (nSPS) is 12.6. The van der Waals surface area contributed by atoms with Crippen molar-refractivity contribution >= 4 is 28.6 Å². The summed E-state index contributed by atoms with van der Waals surface area (Å²) in [4.78, 5) is 19.5. The summed E-state index contributed by atoms with van der Waals surface area (Å²) in [6, 6.07) is 10.2. The molecule has 2 aromatic heterocycles. The minimum Gasteiger partial charge on any atom is -0.481 e. The highest BCUT2D eigenvalue weighted by Gasteiger charge is 2.23. The van der Waals surface area contributed by atoms with Crippen LogP contribution in [0.1, 0.15) is 49.4 Å². The van der Waals surface area contributed by atoms with Gasteiger partial charge in [-0.15, -0.1) is 22.7 Å². The number of carbonyl (C=O) groups excluding carboxylic acids is 1. The number of thiazole rings is 1. The van der Waals surface area contributed by atoms with Gasteiger partial charge in [0.15, 0.2) is 6.10 Å². The quantitative estimate of drug-likeness (QED) is 0.534. The van der Waals surface area contributed by atoms with Crippen LogP contribution in [-0.4, -0.2) is 17.0 Å². The molecule has 1 atom stereocenters. The van der Waals surface area contributed by atoms with Crippen molar-refractivity contribution < 1.29 is 9.53 Å². The summed E-state index contributed by atoms with van der Waals surface area (Å²) >= 11 is 3.30. The average Bonchev–Trinajstić information content (AvgIpc) is 3.30. The molecule has 1 N–H and O–H groups in total. The molecule has 3 rings (SSSR count). The first-order valence-electron chi connectivity index (χ1n) is 9.71. The lowest BCUT2D eigenvalue weighted by molar-refractivity contribution is -0.127. The van der Waals surface area contributed by atoms with Gasteiger partial charge in [-0.2, -0.15) is 0 Å². The number of aryl methyl sites for hydroxylation is 2. The molecule has 0 spiro atoms. The zero-order chi connectivity index (χ0) is 21.2. The van der Waals surface area contributed by atoms with E-state index in [2.05, 4.69) is 50.1 Å². The van der Waals surface area contributed by atoms with Crippen LogP contribution >= 0.6 is 22.7 Å². The number of hydrogen-bond acceptors (Lipinski definition) is 5. The standard InChI is InChI=1S/C23H28N2O2S2/c1-14-9-10-18(17(12-14)23(4,5)6)27-16(3)21(26)24-13-20-15(2)25-22(29-20)19-8-7-11-28-19/h7-12,16H,13H2,1-6H3,(H,24,26). The van der Waals surface area contributed by atoms with Crippen LogP contribution in [0.3, 0.4) is 0 Å². The Morgan fingerprint density at radius 1 is 1.24 bits per heavy atom. The minimum absolute atomic E-state index is 0.0600. The maximum atomic E-state index is 12.6. The van der Waals surface area contributed by atoms with Crippen molar-refractivity contribution in [2.24, 2.45) is 0 Å². The molecule has 0 fully saturated rings. The molecule has 4 nitrogen and oxygen atoms in total. The number of benzene rings is 1. The smallest absolute Gasteiger partial charge is 0.261 e. The predicted octanol–water partition coefficient (Wildman–Crippen LogP) is 5.87. The third-order valence-corrected chi connectivity index (χ3v) is 6.86. The summed E-state index contributed by atoms with van der Waals surface area (Å²) in [6.07, 6.45) is -0.580. The second-order valence-electron chi connectivity index (χ2n) is 8.23. The van der Waals surface area contributed by atoms with E-state index < -0.39 is 6.10 Å². The van der Waals surface area contributed by atoms with E-state index in [-0.39, 0.29) is 11.3 Å². The number of aromatic nitrogens is 1. The van der Waals surface area contributed by atoms with Crippen LogP contribution in [-0.2, 0) is 16.8 Å². The molecule has 29 heavy (non-hydrogen) atoms. The topological polar surface area (TPSA) is 51.2 Å². The largest absolute Gasteiger partial charge is 0.481 e. The molecule has 154 valence electrons. The van der Waals surface area contributed by atoms with Gasteiger partial charge in [-0.1, -0.05) is 44.5 Å². The number of nitrogens with zero attached hydrogens (tertiary/aromatic N) is 1. The number of carbonyl (C=O) groups is 1. The molecule has 6 heteroatoms. The zero-order valence-corrected chi connectivity index (χ0v) is 19.5. The van der Waals surface area contributed by atoms with Crippen molar-refractivity contribution in [1.29, 1.82) is 0 Å². The molecular weight excluding hydrogens is 400 g/mol. The molecule has 2 heterocycles. The van der Waals surface area contributed by atoms with Crippen LogP contribution in [0, 0.1) is 13.8 Å². The van der Waals surface area contributed by atoms with E-state index in [1.165, 1.54) is 5.56 Å². The van der Waals surface area contributed by atoms with Gasteiger partial charge in [-0.25, -0.2) is 4.98 Å². The highest BCUT2D eigenvalue weighted by Crippen LogP contribution is 2.33. The zero-order valence-electron chi connectivity index (χ0n) is 17.8. The lowest BCUT2D eigenvalue weighted by Gasteiger charge is -2.25. The Labute approximate surface area is 181 Å². The second-order valence-corrected chi connectivity index (χ2v) is 10.3. The van der Waals surface area contributed by atoms with Crippen LogP contribution < -0.4 is 10.1 Å². The fraction of sp³-hybridized carbons (Fsp3) is 0.391. The number of amides is 1. The summed E-state index contributed by atoms with van der Waals surface area (Å²) in [6.45, 7) is 12.7. The van der Waals surface area contributed by atoms with Crippen molar-refractivity contribution in [3.63, 3.8) is 0 Å². The lowest BCUT2D eigenvalue weighted by Crippen LogP contribution is -2.36. The molecule has 0 saturated heterocycles. The number of nitrogens with one attached hydrogen (secondary N) is 1. The Kier molecular flexibility index (Phi) is 6.44. The van der Waals surface area contributed by atoms with Gasteiger partial charge in [0.25, 0.3) is 5.91 Å². The molecule has 0 aliphatic heterocycles. The van der Waals surface area contributed by atoms with E-state index >= 15 is 0 Å². The van der Waals surface area contributed by atoms with Crippen molar-refractivity contribution in [1.82, 2.24) is 10.3 Å². The van der Waals surface area contributed by atoms with Crippen LogP contribution in [0.15, 0.2) is 35.7 Å². The Bertz CT molecular complexity index is 985. The fourth-order valence-corrected chi connectivity index (χ4v) is 4.78. The van der Waals surface area contributed by atoms with Crippen LogP contribution in [0.25, 0.3) is 9.88 Å². The molecule has 1 unspecified atom stereocenters. The first-order valence-corrected chi connectivity index (χ1v) is 11.4. The molecule has 0 aliphatic rings. The second kappa shape index (κ2) is 8.67.